The summed E-state index contributed by atoms with van der Waals surface area (Å²) in [5.41, 5.74) is 1.79. The third kappa shape index (κ3) is 4.48. The van der Waals surface area contributed by atoms with E-state index in [-0.39, 0.29) is 9.92 Å². The molecule has 0 radical (unpaired) electrons. The van der Waals surface area contributed by atoms with Crippen molar-refractivity contribution < 1.29 is 13.2 Å². The van der Waals surface area contributed by atoms with Gasteiger partial charge >= 0.3 is 0 Å². The number of sulfone groups is 1. The van der Waals surface area contributed by atoms with Gasteiger partial charge in [0.1, 0.15) is 5.75 Å². The molecule has 0 N–H and O–H groups in total. The van der Waals surface area contributed by atoms with Gasteiger partial charge in [0, 0.05) is 10.6 Å². The Kier molecular flexibility index (Phi) is 5.82. The van der Waals surface area contributed by atoms with Crippen LogP contribution in [-0.4, -0.2) is 30.0 Å². The van der Waals surface area contributed by atoms with Crippen LogP contribution in [0, 0.1) is 6.92 Å². The van der Waals surface area contributed by atoms with E-state index in [1.54, 1.807) is 42.5 Å². The van der Waals surface area contributed by atoms with Gasteiger partial charge < -0.3 is 4.74 Å². The minimum atomic E-state index is -3.71. The molecule has 8 heteroatoms. The predicted octanol–water partition coefficient (Wildman–Crippen LogP) is 3.91. The Morgan fingerprint density at radius 3 is 2.59 bits per heavy atom. The van der Waals surface area contributed by atoms with Gasteiger partial charge in [-0.1, -0.05) is 41.4 Å². The van der Waals surface area contributed by atoms with Crippen LogP contribution in [0.4, 0.5) is 0 Å². The molecule has 6 nitrogen and oxygen atoms in total. The fourth-order valence-electron chi connectivity index (χ4n) is 2.52. The molecule has 0 aliphatic rings. The van der Waals surface area contributed by atoms with Crippen LogP contribution in [0.1, 0.15) is 24.5 Å². The van der Waals surface area contributed by atoms with Crippen molar-refractivity contribution in [3.63, 3.8) is 0 Å². The highest BCUT2D eigenvalue weighted by Crippen LogP contribution is 2.25. The lowest BCUT2D eigenvalue weighted by Crippen LogP contribution is -2.05. The van der Waals surface area contributed by atoms with Crippen molar-refractivity contribution >= 4 is 21.4 Å². The largest absolute Gasteiger partial charge is 0.493 e. The second kappa shape index (κ2) is 8.10. The summed E-state index contributed by atoms with van der Waals surface area (Å²) in [5, 5.41) is 8.29. The van der Waals surface area contributed by atoms with E-state index >= 15 is 0 Å². The lowest BCUT2D eigenvalue weighted by molar-refractivity contribution is 0.313. The minimum Gasteiger partial charge on any atom is -0.493 e. The maximum Gasteiger partial charge on any atom is 0.227 e. The number of nitrogens with zero attached hydrogens (tertiary/aromatic N) is 3. The zero-order valence-electron chi connectivity index (χ0n) is 15.1. The Bertz CT molecular complexity index is 1030. The number of halogens is 1. The minimum absolute atomic E-state index is 0.0931. The van der Waals surface area contributed by atoms with E-state index in [0.29, 0.717) is 23.9 Å². The van der Waals surface area contributed by atoms with E-state index in [1.807, 2.05) is 13.8 Å². The molecule has 0 spiro atoms. The summed E-state index contributed by atoms with van der Waals surface area (Å²) < 4.78 is 32.6. The molecule has 1 aromatic heterocycles. The van der Waals surface area contributed by atoms with E-state index in [1.165, 1.54) is 10.9 Å². The van der Waals surface area contributed by atoms with Crippen molar-refractivity contribution in [3.8, 4) is 5.75 Å². The van der Waals surface area contributed by atoms with Gasteiger partial charge in [-0.05, 0) is 43.7 Å². The number of hydrogen-bond acceptors (Lipinski definition) is 5. The Labute approximate surface area is 163 Å². The number of aryl methyl sites for hydroxylation is 1. The number of hydrogen-bond donors (Lipinski definition) is 0. The highest BCUT2D eigenvalue weighted by atomic mass is 35.5. The Morgan fingerprint density at radius 1 is 1.15 bits per heavy atom. The van der Waals surface area contributed by atoms with Crippen molar-refractivity contribution in [2.45, 2.75) is 36.7 Å². The molecule has 0 atom stereocenters. The van der Waals surface area contributed by atoms with Crippen LogP contribution in [-0.2, 0) is 16.4 Å². The first-order chi connectivity index (χ1) is 12.9. The second-order valence-electron chi connectivity index (χ2n) is 6.17. The molecule has 0 saturated carbocycles. The first kappa shape index (κ1) is 19.4. The van der Waals surface area contributed by atoms with Gasteiger partial charge in [0.2, 0.25) is 14.9 Å². The van der Waals surface area contributed by atoms with E-state index in [2.05, 4.69) is 10.3 Å². The molecule has 3 aromatic rings. The average molecular weight is 406 g/mol. The lowest BCUT2D eigenvalue weighted by Gasteiger charge is -2.11. The number of aromatic nitrogens is 3. The van der Waals surface area contributed by atoms with Crippen LogP contribution < -0.4 is 4.74 Å². The molecular weight excluding hydrogens is 386 g/mol. The average Bonchev–Trinajstić information content (AvgIpc) is 3.11. The molecule has 27 heavy (non-hydrogen) atoms. The van der Waals surface area contributed by atoms with Crippen molar-refractivity contribution in [1.29, 1.82) is 0 Å². The molecule has 0 bridgehead atoms. The molecule has 0 fully saturated rings. The van der Waals surface area contributed by atoms with E-state index in [4.69, 9.17) is 16.3 Å². The van der Waals surface area contributed by atoms with Gasteiger partial charge in [0.25, 0.3) is 0 Å². The molecule has 0 unspecified atom stereocenters. The first-order valence-electron chi connectivity index (χ1n) is 8.53. The first-order valence-corrected chi connectivity index (χ1v) is 10.4. The maximum absolute atomic E-state index is 12.7. The molecule has 1 heterocycles. The van der Waals surface area contributed by atoms with Crippen molar-refractivity contribution in [2.24, 2.45) is 0 Å². The fraction of sp³-hybridized carbons (Fsp3) is 0.263. The Morgan fingerprint density at radius 2 is 1.89 bits per heavy atom. The summed E-state index contributed by atoms with van der Waals surface area (Å²) >= 11 is 6.09. The van der Waals surface area contributed by atoms with Gasteiger partial charge in [-0.25, -0.2) is 13.1 Å². The van der Waals surface area contributed by atoms with E-state index in [0.717, 1.165) is 17.5 Å². The number of ether oxygens (including phenoxy) is 1. The van der Waals surface area contributed by atoms with Crippen LogP contribution >= 0.6 is 11.6 Å². The summed E-state index contributed by atoms with van der Waals surface area (Å²) in [6.07, 6.45) is 2.30. The SMILES string of the molecule is CCCOc1ccc(Cl)cc1Cn1cc(S(=O)(=O)c2ccc(C)cc2)nn1. The topological polar surface area (TPSA) is 74.1 Å². The molecule has 0 amide bonds. The molecule has 0 saturated heterocycles. The Balaban J connectivity index is 1.86. The van der Waals surface area contributed by atoms with Gasteiger partial charge in [-0.2, -0.15) is 0 Å². The summed E-state index contributed by atoms with van der Waals surface area (Å²) in [7, 11) is -3.71. The molecule has 0 aliphatic heterocycles. The van der Waals surface area contributed by atoms with Crippen LogP contribution in [0.3, 0.4) is 0 Å². The third-order valence-corrected chi connectivity index (χ3v) is 5.81. The zero-order chi connectivity index (χ0) is 19.4. The standard InChI is InChI=1S/C19H20ClN3O3S/c1-3-10-26-18-9-6-16(20)11-15(18)12-23-13-19(21-22-23)27(24,25)17-7-4-14(2)5-8-17/h4-9,11,13H,3,10,12H2,1-2H3. The van der Waals surface area contributed by atoms with Crippen LogP contribution in [0.2, 0.25) is 5.02 Å². The molecule has 2 aromatic carbocycles. The second-order valence-corrected chi connectivity index (χ2v) is 8.50. The van der Waals surface area contributed by atoms with Gasteiger partial charge in [0.05, 0.1) is 24.2 Å². The summed E-state index contributed by atoms with van der Waals surface area (Å²) in [6, 6.07) is 12.0. The lowest BCUT2D eigenvalue weighted by atomic mass is 10.2. The van der Waals surface area contributed by atoms with Gasteiger partial charge in [0.15, 0.2) is 0 Å². The zero-order valence-corrected chi connectivity index (χ0v) is 16.7. The van der Waals surface area contributed by atoms with Gasteiger partial charge in [-0.15, -0.1) is 5.10 Å². The predicted molar refractivity (Wildman–Crippen MR) is 103 cm³/mol. The summed E-state index contributed by atoms with van der Waals surface area (Å²) in [6.45, 7) is 4.81. The van der Waals surface area contributed by atoms with Crippen LogP contribution in [0.5, 0.6) is 5.75 Å². The molecule has 0 aliphatic carbocycles. The third-order valence-electron chi connectivity index (χ3n) is 3.94. The molecular formula is C19H20ClN3O3S. The maximum atomic E-state index is 12.7. The van der Waals surface area contributed by atoms with E-state index in [9.17, 15) is 8.42 Å². The smallest absolute Gasteiger partial charge is 0.227 e. The normalized spacial score (nSPS) is 11.5. The summed E-state index contributed by atoms with van der Waals surface area (Å²) in [5.74, 6) is 0.694. The van der Waals surface area contributed by atoms with Crippen molar-refractivity contribution in [1.82, 2.24) is 15.0 Å². The van der Waals surface area contributed by atoms with E-state index < -0.39 is 9.84 Å². The van der Waals surface area contributed by atoms with Crippen LogP contribution in [0.15, 0.2) is 58.6 Å². The molecule has 3 rings (SSSR count). The molecule has 142 valence electrons. The number of rotatable bonds is 7. The number of benzene rings is 2. The quantitative estimate of drug-likeness (QED) is 0.595. The van der Waals surface area contributed by atoms with Crippen LogP contribution in [0.25, 0.3) is 0 Å². The van der Waals surface area contributed by atoms with Crippen molar-refractivity contribution in [3.05, 3.63) is 64.8 Å². The fourth-order valence-corrected chi connectivity index (χ4v) is 3.85. The highest BCUT2D eigenvalue weighted by Gasteiger charge is 2.21. The summed E-state index contributed by atoms with van der Waals surface area (Å²) in [4.78, 5) is 0.190. The Hall–Kier alpha value is -2.38. The monoisotopic (exact) mass is 405 g/mol. The van der Waals surface area contributed by atoms with Crippen molar-refractivity contribution in [2.75, 3.05) is 6.61 Å². The highest BCUT2D eigenvalue weighted by molar-refractivity contribution is 7.91. The van der Waals surface area contributed by atoms with Gasteiger partial charge in [-0.3, -0.25) is 0 Å².